The number of halogens is 1. The van der Waals surface area contributed by atoms with Crippen molar-refractivity contribution >= 4 is 32.8 Å². The van der Waals surface area contributed by atoms with E-state index in [0.29, 0.717) is 24.0 Å². The van der Waals surface area contributed by atoms with Gasteiger partial charge in [0.15, 0.2) is 5.65 Å². The number of nitrogens with two attached hydrogens (primary N) is 1. The highest BCUT2D eigenvalue weighted by Crippen LogP contribution is 2.57. The average molecular weight is 473 g/mol. The van der Waals surface area contributed by atoms with Crippen molar-refractivity contribution in [3.63, 3.8) is 0 Å². The van der Waals surface area contributed by atoms with Gasteiger partial charge >= 0.3 is 0 Å². The van der Waals surface area contributed by atoms with E-state index < -0.39 is 26.6 Å². The monoisotopic (exact) mass is 472 g/mol. The van der Waals surface area contributed by atoms with E-state index >= 15 is 0 Å². The summed E-state index contributed by atoms with van der Waals surface area (Å²) in [7, 11) is -3.68. The van der Waals surface area contributed by atoms with E-state index in [2.05, 4.69) is 19.7 Å². The molecule has 0 aliphatic heterocycles. The third-order valence-electron chi connectivity index (χ3n) is 6.84. The first-order valence-corrected chi connectivity index (χ1v) is 12.5. The van der Waals surface area contributed by atoms with Gasteiger partial charge in [0.25, 0.3) is 5.56 Å². The number of hydrogen-bond donors (Lipinski definition) is 2. The molecule has 2 saturated carbocycles. The molecule has 9 nitrogen and oxygen atoms in total. The molecule has 3 aromatic rings. The van der Waals surface area contributed by atoms with Crippen molar-refractivity contribution in [1.82, 2.24) is 19.5 Å². The largest absolute Gasteiger partial charge is 0.368 e. The molecular weight excluding hydrogens is 447 g/mol. The minimum Gasteiger partial charge on any atom is -0.368 e. The van der Waals surface area contributed by atoms with Crippen LogP contribution in [-0.2, 0) is 10.0 Å². The smallest absolute Gasteiger partial charge is 0.278 e. The molecule has 0 atom stereocenters. The molecule has 2 aliphatic carbocycles. The van der Waals surface area contributed by atoms with Gasteiger partial charge in [-0.25, -0.2) is 22.8 Å². The molecule has 3 N–H and O–H groups in total. The molecule has 174 valence electrons. The van der Waals surface area contributed by atoms with E-state index in [1.165, 1.54) is 22.9 Å². The molecule has 2 aliphatic rings. The normalized spacial score (nSPS) is 17.8. The maximum atomic E-state index is 14.9. The fraction of sp³-hybridized carbons (Fsp3) is 0.455. The van der Waals surface area contributed by atoms with Gasteiger partial charge in [0.2, 0.25) is 16.0 Å². The Morgan fingerprint density at radius 1 is 1.24 bits per heavy atom. The van der Waals surface area contributed by atoms with Crippen LogP contribution >= 0.6 is 0 Å². The number of anilines is 2. The Hall–Kier alpha value is -3.08. The van der Waals surface area contributed by atoms with Crippen molar-refractivity contribution < 1.29 is 12.8 Å². The van der Waals surface area contributed by atoms with E-state index in [-0.39, 0.29) is 34.3 Å². The Kier molecular flexibility index (Phi) is 4.93. The third-order valence-corrected chi connectivity index (χ3v) is 8.55. The molecule has 0 bridgehead atoms. The number of nitrogens with one attached hydrogen (secondary N) is 1. The van der Waals surface area contributed by atoms with Gasteiger partial charge in [0.1, 0.15) is 17.0 Å². The number of nitrogen functional groups attached to an aromatic ring is 1. The Labute approximate surface area is 190 Å². The predicted molar refractivity (Wildman–Crippen MR) is 124 cm³/mol. The van der Waals surface area contributed by atoms with Crippen LogP contribution in [0, 0.1) is 11.2 Å². The maximum absolute atomic E-state index is 14.9. The number of aromatic nitrogens is 4. The van der Waals surface area contributed by atoms with E-state index in [4.69, 9.17) is 5.73 Å². The lowest BCUT2D eigenvalue weighted by Crippen LogP contribution is -2.50. The molecule has 1 aromatic carbocycles. The first-order valence-electron chi connectivity index (χ1n) is 10.9. The molecule has 33 heavy (non-hydrogen) atoms. The summed E-state index contributed by atoms with van der Waals surface area (Å²) in [4.78, 5) is 25.6. The molecule has 11 heteroatoms. The highest BCUT2D eigenvalue weighted by Gasteiger charge is 2.52. The first-order chi connectivity index (χ1) is 15.6. The van der Waals surface area contributed by atoms with Crippen LogP contribution in [0.1, 0.15) is 52.0 Å². The number of benzene rings is 1. The molecule has 5 rings (SSSR count). The van der Waals surface area contributed by atoms with E-state index in [0.717, 1.165) is 25.3 Å². The highest BCUT2D eigenvalue weighted by molar-refractivity contribution is 7.93. The Balaban J connectivity index is 1.48. The molecule has 0 saturated heterocycles. The molecule has 1 spiro atoms. The van der Waals surface area contributed by atoms with Gasteiger partial charge in [-0.2, -0.15) is 4.98 Å². The first kappa shape index (κ1) is 21.7. The summed E-state index contributed by atoms with van der Waals surface area (Å²) < 4.78 is 44.1. The van der Waals surface area contributed by atoms with Crippen LogP contribution in [0.5, 0.6) is 0 Å². The lowest BCUT2D eigenvalue weighted by Gasteiger charge is -2.53. The van der Waals surface area contributed by atoms with E-state index in [1.807, 2.05) is 13.8 Å². The molecule has 2 heterocycles. The minimum absolute atomic E-state index is 0.0169. The van der Waals surface area contributed by atoms with Gasteiger partial charge in [-0.15, -0.1) is 0 Å². The fourth-order valence-corrected chi connectivity index (χ4v) is 6.66. The second kappa shape index (κ2) is 7.47. The van der Waals surface area contributed by atoms with Crippen LogP contribution in [-0.4, -0.2) is 33.2 Å². The van der Waals surface area contributed by atoms with Gasteiger partial charge in [-0.3, -0.25) is 14.1 Å². The van der Waals surface area contributed by atoms with Gasteiger partial charge < -0.3 is 5.73 Å². The number of rotatable bonds is 5. The summed E-state index contributed by atoms with van der Waals surface area (Å²) in [5.41, 5.74) is 6.14. The topological polar surface area (TPSA) is 133 Å². The van der Waals surface area contributed by atoms with E-state index in [9.17, 15) is 17.6 Å². The van der Waals surface area contributed by atoms with Gasteiger partial charge in [-0.05, 0) is 57.1 Å². The number of nitrogens with zero attached hydrogens (tertiary/aromatic N) is 4. The van der Waals surface area contributed by atoms with Crippen molar-refractivity contribution in [3.05, 3.63) is 40.6 Å². The summed E-state index contributed by atoms with van der Waals surface area (Å²) in [5, 5.41) is -0.496. The Morgan fingerprint density at radius 3 is 2.58 bits per heavy atom. The highest BCUT2D eigenvalue weighted by atomic mass is 32.2. The summed E-state index contributed by atoms with van der Waals surface area (Å²) in [5.74, 6) is -0.761. The lowest BCUT2D eigenvalue weighted by atomic mass is 9.56. The quantitative estimate of drug-likeness (QED) is 0.582. The minimum atomic E-state index is -3.68. The zero-order chi connectivity index (χ0) is 23.5. The van der Waals surface area contributed by atoms with Crippen LogP contribution in [0.4, 0.5) is 16.0 Å². The zero-order valence-corrected chi connectivity index (χ0v) is 19.2. The second-order valence-electron chi connectivity index (χ2n) is 9.39. The molecule has 0 unspecified atom stereocenters. The third kappa shape index (κ3) is 3.64. The number of fused-ring (bicyclic) bond motifs is 1. The predicted octanol–water partition coefficient (Wildman–Crippen LogP) is 3.23. The van der Waals surface area contributed by atoms with Gasteiger partial charge in [0, 0.05) is 11.6 Å². The van der Waals surface area contributed by atoms with Crippen LogP contribution in [0.3, 0.4) is 0 Å². The molecule has 0 amide bonds. The standard InChI is InChI=1S/C22H25FN6O3S/c1-12(2)29-19-17(11-25-21(24)27-19)26-18(20(29)30)13-4-5-16(15(23)8-13)28-33(31,32)14-9-22(10-14)6-3-7-22/h4-5,8,11-12,14,28H,3,6-7,9-10H2,1-2H3,(H2,24,25,27). The zero-order valence-electron chi connectivity index (χ0n) is 18.4. The summed E-state index contributed by atoms with van der Waals surface area (Å²) in [6.45, 7) is 3.63. The van der Waals surface area contributed by atoms with Crippen molar-refractivity contribution in [3.8, 4) is 11.3 Å². The number of hydrogen-bond acceptors (Lipinski definition) is 7. The van der Waals surface area contributed by atoms with Crippen LogP contribution in [0.2, 0.25) is 0 Å². The molecular formula is C22H25FN6O3S. The maximum Gasteiger partial charge on any atom is 0.278 e. The summed E-state index contributed by atoms with van der Waals surface area (Å²) >= 11 is 0. The molecule has 2 aromatic heterocycles. The van der Waals surface area contributed by atoms with Crippen molar-refractivity contribution in [2.24, 2.45) is 5.41 Å². The average Bonchev–Trinajstić information content (AvgIpc) is 2.66. The fourth-order valence-electron chi connectivity index (χ4n) is 4.87. The lowest BCUT2D eigenvalue weighted by molar-refractivity contribution is 0.0353. The summed E-state index contributed by atoms with van der Waals surface area (Å²) in [6, 6.07) is 3.66. The summed E-state index contributed by atoms with van der Waals surface area (Å²) in [6.07, 6.45) is 5.97. The van der Waals surface area contributed by atoms with Crippen LogP contribution in [0.15, 0.2) is 29.2 Å². The second-order valence-corrected chi connectivity index (χ2v) is 11.4. The number of sulfonamides is 1. The van der Waals surface area contributed by atoms with Crippen LogP contribution in [0.25, 0.3) is 22.4 Å². The van der Waals surface area contributed by atoms with E-state index in [1.54, 1.807) is 0 Å². The SMILES string of the molecule is CC(C)n1c(=O)c(-c2ccc(NS(=O)(=O)C3CC4(CCC4)C3)c(F)c2)nc2cnc(N)nc21. The Bertz CT molecular complexity index is 1420. The van der Waals surface area contributed by atoms with Gasteiger partial charge in [-0.1, -0.05) is 12.5 Å². The van der Waals surface area contributed by atoms with Crippen molar-refractivity contribution in [2.75, 3.05) is 10.5 Å². The molecule has 0 radical (unpaired) electrons. The van der Waals surface area contributed by atoms with Gasteiger partial charge in [0.05, 0.1) is 17.1 Å². The Morgan fingerprint density at radius 2 is 1.97 bits per heavy atom. The van der Waals surface area contributed by atoms with Crippen molar-refractivity contribution in [2.45, 2.75) is 57.2 Å². The van der Waals surface area contributed by atoms with Crippen molar-refractivity contribution in [1.29, 1.82) is 0 Å². The molecule has 2 fully saturated rings. The van der Waals surface area contributed by atoms with Crippen LogP contribution < -0.4 is 16.0 Å².